The molecule has 0 spiro atoms. The van der Waals surface area contributed by atoms with Gasteiger partial charge in [0.1, 0.15) is 5.75 Å². The van der Waals surface area contributed by atoms with Crippen LogP contribution in [0.15, 0.2) is 48.0 Å². The summed E-state index contributed by atoms with van der Waals surface area (Å²) in [5.74, 6) is -1.55. The molecular weight excluding hydrogens is 518 g/mol. The van der Waals surface area contributed by atoms with Gasteiger partial charge in [-0.25, -0.2) is 0 Å². The maximum atomic E-state index is 13.5. The molecule has 0 fully saturated rings. The molecule has 0 saturated heterocycles. The molecule has 0 heterocycles. The lowest BCUT2D eigenvalue weighted by Gasteiger charge is -2.35. The molecule has 0 saturated carbocycles. The van der Waals surface area contributed by atoms with E-state index in [0.717, 1.165) is 5.56 Å². The smallest absolute Gasteiger partial charge is 0.247 e. The van der Waals surface area contributed by atoms with Gasteiger partial charge in [-0.15, -0.1) is 0 Å². The fourth-order valence-corrected chi connectivity index (χ4v) is 5.13. The number of hydrogen-bond acceptors (Lipinski definition) is 9. The fourth-order valence-electron chi connectivity index (χ4n) is 5.13. The Kier molecular flexibility index (Phi) is 8.59. The highest BCUT2D eigenvalue weighted by molar-refractivity contribution is 6.00. The molecule has 10 heteroatoms. The summed E-state index contributed by atoms with van der Waals surface area (Å²) in [6.07, 6.45) is 2.19. The minimum absolute atomic E-state index is 0.131. The molecule has 0 aromatic heterocycles. The molecule has 40 heavy (non-hydrogen) atoms. The van der Waals surface area contributed by atoms with Crippen LogP contribution in [0.5, 0.6) is 40.2 Å². The van der Waals surface area contributed by atoms with Gasteiger partial charge in [0.25, 0.3) is 0 Å². The SMILES string of the molecule is COc1cc([C@H]2c3c(cc(OC)c(O)c3OC)C=C(C(=O)NCCc3ccc(O)cc3)[C@@H]2CO)cc(OC)c1O. The van der Waals surface area contributed by atoms with E-state index in [1.165, 1.54) is 28.4 Å². The van der Waals surface area contributed by atoms with Crippen LogP contribution in [0.3, 0.4) is 0 Å². The van der Waals surface area contributed by atoms with Gasteiger partial charge in [0.15, 0.2) is 23.0 Å². The van der Waals surface area contributed by atoms with Crippen molar-refractivity contribution in [1.29, 1.82) is 0 Å². The van der Waals surface area contributed by atoms with Crippen molar-refractivity contribution in [3.8, 4) is 40.2 Å². The van der Waals surface area contributed by atoms with Gasteiger partial charge in [-0.2, -0.15) is 0 Å². The van der Waals surface area contributed by atoms with E-state index in [9.17, 15) is 25.2 Å². The number of rotatable bonds is 10. The molecule has 1 aliphatic rings. The van der Waals surface area contributed by atoms with Crippen molar-refractivity contribution >= 4 is 12.0 Å². The summed E-state index contributed by atoms with van der Waals surface area (Å²) in [4.78, 5) is 13.5. The first-order valence-corrected chi connectivity index (χ1v) is 12.6. The quantitative estimate of drug-likeness (QED) is 0.256. The van der Waals surface area contributed by atoms with E-state index in [2.05, 4.69) is 5.32 Å². The highest BCUT2D eigenvalue weighted by atomic mass is 16.5. The van der Waals surface area contributed by atoms with Crippen LogP contribution in [0.4, 0.5) is 0 Å². The lowest BCUT2D eigenvalue weighted by Crippen LogP contribution is -2.35. The van der Waals surface area contributed by atoms with Crippen LogP contribution in [0.25, 0.3) is 6.08 Å². The molecule has 212 valence electrons. The van der Waals surface area contributed by atoms with Gasteiger partial charge in [-0.05, 0) is 59.5 Å². The number of aromatic hydroxyl groups is 3. The Hall–Kier alpha value is -4.57. The van der Waals surface area contributed by atoms with Gasteiger partial charge >= 0.3 is 0 Å². The van der Waals surface area contributed by atoms with Crippen LogP contribution in [0.1, 0.15) is 28.2 Å². The van der Waals surface area contributed by atoms with E-state index >= 15 is 0 Å². The number of amides is 1. The maximum Gasteiger partial charge on any atom is 0.247 e. The molecule has 4 rings (SSSR count). The average molecular weight is 552 g/mol. The number of phenolic OH excluding ortho intramolecular Hbond substituents is 3. The Balaban J connectivity index is 1.82. The molecule has 0 unspecified atom stereocenters. The lowest BCUT2D eigenvalue weighted by atomic mass is 9.71. The molecule has 0 bridgehead atoms. The minimum Gasteiger partial charge on any atom is -0.508 e. The third kappa shape index (κ3) is 5.30. The molecule has 3 aromatic carbocycles. The van der Waals surface area contributed by atoms with Crippen molar-refractivity contribution in [1.82, 2.24) is 5.32 Å². The molecule has 5 N–H and O–H groups in total. The van der Waals surface area contributed by atoms with Crippen LogP contribution in [-0.2, 0) is 11.2 Å². The van der Waals surface area contributed by atoms with Crippen LogP contribution in [0.2, 0.25) is 0 Å². The summed E-state index contributed by atoms with van der Waals surface area (Å²) in [5.41, 5.74) is 2.88. The van der Waals surface area contributed by atoms with Gasteiger partial charge in [-0.1, -0.05) is 12.1 Å². The third-order valence-electron chi connectivity index (χ3n) is 7.09. The number of hydrogen-bond donors (Lipinski definition) is 5. The number of phenols is 3. The first-order valence-electron chi connectivity index (χ1n) is 12.6. The number of ether oxygens (including phenoxy) is 4. The lowest BCUT2D eigenvalue weighted by molar-refractivity contribution is -0.118. The monoisotopic (exact) mass is 551 g/mol. The van der Waals surface area contributed by atoms with E-state index in [4.69, 9.17) is 18.9 Å². The first kappa shape index (κ1) is 28.4. The molecule has 1 amide bonds. The first-order chi connectivity index (χ1) is 19.3. The molecule has 0 radical (unpaired) electrons. The predicted molar refractivity (Wildman–Crippen MR) is 148 cm³/mol. The van der Waals surface area contributed by atoms with Gasteiger partial charge < -0.3 is 44.7 Å². The Labute approximate surface area is 232 Å². The highest BCUT2D eigenvalue weighted by Crippen LogP contribution is 2.53. The summed E-state index contributed by atoms with van der Waals surface area (Å²) in [7, 11) is 5.63. The van der Waals surface area contributed by atoms with Gasteiger partial charge in [0, 0.05) is 29.5 Å². The van der Waals surface area contributed by atoms with Crippen molar-refractivity contribution in [2.45, 2.75) is 12.3 Å². The van der Waals surface area contributed by atoms with E-state index in [-0.39, 0.29) is 46.2 Å². The summed E-state index contributed by atoms with van der Waals surface area (Å²) >= 11 is 0. The van der Waals surface area contributed by atoms with E-state index in [1.807, 2.05) is 0 Å². The molecule has 0 aliphatic heterocycles. The second-order valence-electron chi connectivity index (χ2n) is 9.28. The second-order valence-corrected chi connectivity index (χ2v) is 9.28. The van der Waals surface area contributed by atoms with Crippen LogP contribution in [-0.4, -0.2) is 67.9 Å². The largest absolute Gasteiger partial charge is 0.508 e. The standard InChI is InChI=1S/C30H33NO9/c1-37-22-13-18(14-23(38-2)27(22)34)25-21(15-32)20(30(36)31-10-9-16-5-7-19(33)8-6-16)11-17-12-24(39-3)28(35)29(40-4)26(17)25/h5-8,11-14,21,25,32-35H,9-10,15H2,1-4H3,(H,31,36)/t21-,25+/m0/s1. The number of aliphatic hydroxyl groups is 1. The summed E-state index contributed by atoms with van der Waals surface area (Å²) < 4.78 is 21.7. The van der Waals surface area contributed by atoms with Crippen molar-refractivity contribution in [2.75, 3.05) is 41.6 Å². The number of fused-ring (bicyclic) bond motifs is 1. The third-order valence-corrected chi connectivity index (χ3v) is 7.09. The topological polar surface area (TPSA) is 147 Å². The highest BCUT2D eigenvalue weighted by Gasteiger charge is 2.40. The van der Waals surface area contributed by atoms with Gasteiger partial charge in [0.2, 0.25) is 17.4 Å². The maximum absolute atomic E-state index is 13.5. The Morgan fingerprint density at radius 2 is 1.45 bits per heavy atom. The normalized spacial score (nSPS) is 16.0. The molecule has 2 atom stereocenters. The Morgan fingerprint density at radius 1 is 0.850 bits per heavy atom. The molecule has 10 nitrogen and oxygen atoms in total. The molecule has 1 aliphatic carbocycles. The minimum atomic E-state index is -0.762. The number of methoxy groups -OCH3 is 4. The second kappa shape index (κ2) is 12.1. The van der Waals surface area contributed by atoms with Crippen LogP contribution >= 0.6 is 0 Å². The van der Waals surface area contributed by atoms with Crippen molar-refractivity contribution in [2.24, 2.45) is 5.92 Å². The number of nitrogens with one attached hydrogen (secondary N) is 1. The zero-order valence-corrected chi connectivity index (χ0v) is 22.7. The number of carbonyl (C=O) groups excluding carboxylic acids is 1. The molecule has 3 aromatic rings. The van der Waals surface area contributed by atoms with Crippen molar-refractivity contribution in [3.05, 3.63) is 70.3 Å². The van der Waals surface area contributed by atoms with E-state index < -0.39 is 18.4 Å². The summed E-state index contributed by atoms with van der Waals surface area (Å²) in [5, 5.41) is 44.5. The Bertz CT molecular complexity index is 1390. The molecular formula is C30H33NO9. The Morgan fingerprint density at radius 3 is 2.00 bits per heavy atom. The van der Waals surface area contributed by atoms with Gasteiger partial charge in [0.05, 0.1) is 35.0 Å². The van der Waals surface area contributed by atoms with E-state index in [0.29, 0.717) is 35.2 Å². The number of benzene rings is 3. The zero-order chi connectivity index (χ0) is 29.0. The number of carbonyl (C=O) groups is 1. The van der Waals surface area contributed by atoms with Gasteiger partial charge in [-0.3, -0.25) is 4.79 Å². The van der Waals surface area contributed by atoms with E-state index in [1.54, 1.807) is 48.5 Å². The van der Waals surface area contributed by atoms with Crippen molar-refractivity contribution in [3.63, 3.8) is 0 Å². The summed E-state index contributed by atoms with van der Waals surface area (Å²) in [6, 6.07) is 11.5. The van der Waals surface area contributed by atoms with Crippen molar-refractivity contribution < 1.29 is 44.2 Å². The predicted octanol–water partition coefficient (Wildman–Crippen LogP) is 3.33. The fraction of sp³-hybridized carbons (Fsp3) is 0.300. The number of aliphatic hydroxyl groups excluding tert-OH is 1. The zero-order valence-electron chi connectivity index (χ0n) is 22.7. The summed E-state index contributed by atoms with van der Waals surface area (Å²) in [6.45, 7) is -0.0948. The van der Waals surface area contributed by atoms with Crippen LogP contribution < -0.4 is 24.3 Å². The van der Waals surface area contributed by atoms with Crippen LogP contribution in [0, 0.1) is 5.92 Å². The average Bonchev–Trinajstić information content (AvgIpc) is 2.97.